The van der Waals surface area contributed by atoms with Gasteiger partial charge in [0, 0.05) is 5.56 Å². The lowest BCUT2D eigenvalue weighted by Gasteiger charge is -2.16. The van der Waals surface area contributed by atoms with E-state index in [2.05, 4.69) is 13.0 Å². The molecule has 0 aliphatic carbocycles. The van der Waals surface area contributed by atoms with E-state index in [0.29, 0.717) is 6.54 Å². The highest BCUT2D eigenvalue weighted by Gasteiger charge is 2.13. The molecule has 3 nitrogen and oxygen atoms in total. The largest absolute Gasteiger partial charge is 0.493 e. The summed E-state index contributed by atoms with van der Waals surface area (Å²) in [5.41, 5.74) is 8.10. The molecular formula is C13H21NO2. The van der Waals surface area contributed by atoms with Gasteiger partial charge in [0.05, 0.1) is 14.2 Å². The van der Waals surface area contributed by atoms with E-state index in [1.165, 1.54) is 11.1 Å². The number of rotatable bonds is 6. The molecule has 16 heavy (non-hydrogen) atoms. The molecule has 0 aliphatic heterocycles. The molecule has 1 rings (SSSR count). The Morgan fingerprint density at radius 1 is 1.19 bits per heavy atom. The second-order valence-electron chi connectivity index (χ2n) is 3.68. The molecule has 3 heteroatoms. The third-order valence-electron chi connectivity index (χ3n) is 2.76. The van der Waals surface area contributed by atoms with Crippen molar-refractivity contribution in [2.75, 3.05) is 20.8 Å². The van der Waals surface area contributed by atoms with Gasteiger partial charge >= 0.3 is 0 Å². The minimum Gasteiger partial charge on any atom is -0.493 e. The number of ether oxygens (including phenoxy) is 2. The van der Waals surface area contributed by atoms with Gasteiger partial charge in [0.25, 0.3) is 0 Å². The predicted octanol–water partition coefficient (Wildman–Crippen LogP) is 2.16. The fourth-order valence-electron chi connectivity index (χ4n) is 1.92. The zero-order valence-corrected chi connectivity index (χ0v) is 10.4. The van der Waals surface area contributed by atoms with Crippen LogP contribution < -0.4 is 15.2 Å². The zero-order valence-electron chi connectivity index (χ0n) is 10.4. The summed E-state index contributed by atoms with van der Waals surface area (Å²) in [6.07, 6.45) is 2.91. The van der Waals surface area contributed by atoms with Crippen LogP contribution in [0.2, 0.25) is 0 Å². The van der Waals surface area contributed by atoms with Crippen LogP contribution in [0, 0.1) is 0 Å². The standard InChI is InChI=1S/C13H21NO2/c1-4-10-7-8-12(15-2)13(16-3)11(10)6-5-9-14/h7-8H,4-6,9,14H2,1-3H3. The quantitative estimate of drug-likeness (QED) is 0.803. The highest BCUT2D eigenvalue weighted by Crippen LogP contribution is 2.34. The van der Waals surface area contributed by atoms with E-state index < -0.39 is 0 Å². The predicted molar refractivity (Wildman–Crippen MR) is 66.3 cm³/mol. The van der Waals surface area contributed by atoms with Crippen LogP contribution in [-0.2, 0) is 12.8 Å². The first-order chi connectivity index (χ1) is 7.78. The van der Waals surface area contributed by atoms with E-state index in [0.717, 1.165) is 30.8 Å². The SMILES string of the molecule is CCc1ccc(OC)c(OC)c1CCCN. The molecule has 2 N–H and O–H groups in total. The van der Waals surface area contributed by atoms with Crippen LogP contribution >= 0.6 is 0 Å². The highest BCUT2D eigenvalue weighted by molar-refractivity contribution is 5.51. The first kappa shape index (κ1) is 12.8. The van der Waals surface area contributed by atoms with Crippen LogP contribution in [-0.4, -0.2) is 20.8 Å². The van der Waals surface area contributed by atoms with Crippen molar-refractivity contribution in [3.05, 3.63) is 23.3 Å². The van der Waals surface area contributed by atoms with E-state index in [-0.39, 0.29) is 0 Å². The summed E-state index contributed by atoms with van der Waals surface area (Å²) in [7, 11) is 3.35. The van der Waals surface area contributed by atoms with Crippen LogP contribution in [0.1, 0.15) is 24.5 Å². The Balaban J connectivity index is 3.14. The summed E-state index contributed by atoms with van der Waals surface area (Å²) in [4.78, 5) is 0. The molecule has 0 spiro atoms. The number of methoxy groups -OCH3 is 2. The summed E-state index contributed by atoms with van der Waals surface area (Å²) in [5.74, 6) is 1.65. The van der Waals surface area contributed by atoms with E-state index in [1.807, 2.05) is 6.07 Å². The van der Waals surface area contributed by atoms with Crippen molar-refractivity contribution in [3.8, 4) is 11.5 Å². The van der Waals surface area contributed by atoms with Gasteiger partial charge in [-0.25, -0.2) is 0 Å². The summed E-state index contributed by atoms with van der Waals surface area (Å²) in [6.45, 7) is 2.84. The first-order valence-corrected chi connectivity index (χ1v) is 5.71. The van der Waals surface area contributed by atoms with Crippen molar-refractivity contribution < 1.29 is 9.47 Å². The average molecular weight is 223 g/mol. The topological polar surface area (TPSA) is 44.5 Å². The van der Waals surface area contributed by atoms with Crippen molar-refractivity contribution in [3.63, 3.8) is 0 Å². The second-order valence-corrected chi connectivity index (χ2v) is 3.68. The number of aryl methyl sites for hydroxylation is 1. The van der Waals surface area contributed by atoms with Crippen molar-refractivity contribution in [1.82, 2.24) is 0 Å². The Bertz CT molecular complexity index is 337. The fourth-order valence-corrected chi connectivity index (χ4v) is 1.92. The minimum absolute atomic E-state index is 0.698. The molecule has 0 amide bonds. The second kappa shape index (κ2) is 6.38. The number of hydrogen-bond donors (Lipinski definition) is 1. The molecule has 0 aromatic heterocycles. The summed E-state index contributed by atoms with van der Waals surface area (Å²) >= 11 is 0. The number of hydrogen-bond acceptors (Lipinski definition) is 3. The van der Waals surface area contributed by atoms with Crippen LogP contribution in [0.15, 0.2) is 12.1 Å². The summed E-state index contributed by atoms with van der Waals surface area (Å²) in [5, 5.41) is 0. The van der Waals surface area contributed by atoms with Crippen molar-refractivity contribution in [2.24, 2.45) is 5.73 Å². The molecule has 0 atom stereocenters. The third kappa shape index (κ3) is 2.67. The van der Waals surface area contributed by atoms with Gasteiger partial charge in [0.2, 0.25) is 0 Å². The normalized spacial score (nSPS) is 10.2. The molecule has 1 aromatic carbocycles. The highest BCUT2D eigenvalue weighted by atomic mass is 16.5. The van der Waals surface area contributed by atoms with Crippen LogP contribution in [0.25, 0.3) is 0 Å². The maximum absolute atomic E-state index is 5.56. The van der Waals surface area contributed by atoms with E-state index >= 15 is 0 Å². The van der Waals surface area contributed by atoms with Gasteiger partial charge in [-0.3, -0.25) is 0 Å². The van der Waals surface area contributed by atoms with Gasteiger partial charge in [-0.1, -0.05) is 13.0 Å². The summed E-state index contributed by atoms with van der Waals surface area (Å²) in [6, 6.07) is 4.07. The molecule has 0 heterocycles. The van der Waals surface area contributed by atoms with Gasteiger partial charge in [0.15, 0.2) is 11.5 Å². The molecule has 90 valence electrons. The van der Waals surface area contributed by atoms with E-state index in [4.69, 9.17) is 15.2 Å². The van der Waals surface area contributed by atoms with Crippen molar-refractivity contribution in [2.45, 2.75) is 26.2 Å². The molecule has 0 unspecified atom stereocenters. The molecule has 0 saturated carbocycles. The maximum atomic E-state index is 5.56. The zero-order chi connectivity index (χ0) is 12.0. The lowest BCUT2D eigenvalue weighted by atomic mass is 9.99. The molecule has 0 saturated heterocycles. The van der Waals surface area contributed by atoms with Gasteiger partial charge in [-0.05, 0) is 37.4 Å². The average Bonchev–Trinajstić information content (AvgIpc) is 2.34. The van der Waals surface area contributed by atoms with Crippen LogP contribution in [0.3, 0.4) is 0 Å². The lowest BCUT2D eigenvalue weighted by Crippen LogP contribution is -2.05. The Labute approximate surface area is 97.6 Å². The molecule has 0 fully saturated rings. The molecular weight excluding hydrogens is 202 g/mol. The lowest BCUT2D eigenvalue weighted by molar-refractivity contribution is 0.351. The summed E-state index contributed by atoms with van der Waals surface area (Å²) < 4.78 is 10.7. The smallest absolute Gasteiger partial charge is 0.164 e. The number of benzene rings is 1. The molecule has 0 bridgehead atoms. The Hall–Kier alpha value is -1.22. The first-order valence-electron chi connectivity index (χ1n) is 5.71. The van der Waals surface area contributed by atoms with E-state index in [9.17, 15) is 0 Å². The van der Waals surface area contributed by atoms with Crippen LogP contribution in [0.4, 0.5) is 0 Å². The van der Waals surface area contributed by atoms with Crippen LogP contribution in [0.5, 0.6) is 11.5 Å². The Morgan fingerprint density at radius 2 is 1.94 bits per heavy atom. The maximum Gasteiger partial charge on any atom is 0.164 e. The van der Waals surface area contributed by atoms with Crippen molar-refractivity contribution in [1.29, 1.82) is 0 Å². The minimum atomic E-state index is 0.698. The van der Waals surface area contributed by atoms with Gasteiger partial charge in [0.1, 0.15) is 0 Å². The molecule has 0 aliphatic rings. The number of nitrogens with two attached hydrogens (primary N) is 1. The molecule has 1 aromatic rings. The van der Waals surface area contributed by atoms with Gasteiger partial charge < -0.3 is 15.2 Å². The molecule has 0 radical (unpaired) electrons. The monoisotopic (exact) mass is 223 g/mol. The fraction of sp³-hybridized carbons (Fsp3) is 0.538. The Morgan fingerprint density at radius 3 is 2.44 bits per heavy atom. The van der Waals surface area contributed by atoms with Gasteiger partial charge in [-0.15, -0.1) is 0 Å². The van der Waals surface area contributed by atoms with E-state index in [1.54, 1.807) is 14.2 Å². The van der Waals surface area contributed by atoms with Gasteiger partial charge in [-0.2, -0.15) is 0 Å². The van der Waals surface area contributed by atoms with Crippen molar-refractivity contribution >= 4 is 0 Å². The Kier molecular flexibility index (Phi) is 5.12. The third-order valence-corrected chi connectivity index (χ3v) is 2.76.